The van der Waals surface area contributed by atoms with Gasteiger partial charge in [0.2, 0.25) is 5.09 Å². The standard InChI is InChI=1S/C15H26N4O5S2/c1-16(2)26(22,23)19-11-9-17(10-12-19)13-14-5-6-15(24-14)25(20,21)18-7-3-4-8-18/h5-6H,3-4,7-13H2,1-2H3. The molecule has 3 rings (SSSR count). The molecule has 0 aliphatic carbocycles. The second kappa shape index (κ2) is 7.56. The zero-order valence-electron chi connectivity index (χ0n) is 15.2. The van der Waals surface area contributed by atoms with Crippen molar-refractivity contribution in [2.45, 2.75) is 24.5 Å². The summed E-state index contributed by atoms with van der Waals surface area (Å²) in [5, 5.41) is -0.0109. The number of nitrogens with zero attached hydrogens (tertiary/aromatic N) is 4. The summed E-state index contributed by atoms with van der Waals surface area (Å²) in [5.41, 5.74) is 0. The second-order valence-corrected chi connectivity index (χ2v) is 10.8. The monoisotopic (exact) mass is 406 g/mol. The molecule has 11 heteroatoms. The lowest BCUT2D eigenvalue weighted by atomic mass is 10.3. The van der Waals surface area contributed by atoms with Crippen LogP contribution in [0.15, 0.2) is 21.6 Å². The molecule has 3 heterocycles. The number of sulfonamides is 1. The topological polar surface area (TPSA) is 94.4 Å². The Balaban J connectivity index is 1.59. The van der Waals surface area contributed by atoms with Crippen LogP contribution in [0.25, 0.3) is 0 Å². The van der Waals surface area contributed by atoms with E-state index in [2.05, 4.69) is 4.90 Å². The van der Waals surface area contributed by atoms with Crippen molar-refractivity contribution in [2.24, 2.45) is 0 Å². The van der Waals surface area contributed by atoms with Crippen LogP contribution in [0.4, 0.5) is 0 Å². The Labute approximate surface area is 155 Å². The highest BCUT2D eigenvalue weighted by Crippen LogP contribution is 2.23. The van der Waals surface area contributed by atoms with Gasteiger partial charge in [-0.05, 0) is 25.0 Å². The molecule has 1 aromatic rings. The van der Waals surface area contributed by atoms with Crippen molar-refractivity contribution in [2.75, 3.05) is 53.4 Å². The van der Waals surface area contributed by atoms with E-state index in [0.29, 0.717) is 51.6 Å². The first-order valence-electron chi connectivity index (χ1n) is 8.70. The van der Waals surface area contributed by atoms with Gasteiger partial charge in [0.25, 0.3) is 20.2 Å². The molecule has 148 valence electrons. The minimum atomic E-state index is -3.54. The number of piperazine rings is 1. The Morgan fingerprint density at radius 2 is 1.54 bits per heavy atom. The van der Waals surface area contributed by atoms with Crippen LogP contribution in [0.2, 0.25) is 0 Å². The van der Waals surface area contributed by atoms with Gasteiger partial charge in [0.05, 0.1) is 6.54 Å². The molecule has 26 heavy (non-hydrogen) atoms. The van der Waals surface area contributed by atoms with Crippen LogP contribution in [-0.2, 0) is 26.8 Å². The summed E-state index contributed by atoms with van der Waals surface area (Å²) in [6.45, 7) is 3.50. The predicted molar refractivity (Wildman–Crippen MR) is 96.2 cm³/mol. The number of hydrogen-bond donors (Lipinski definition) is 0. The average molecular weight is 407 g/mol. The average Bonchev–Trinajstić information content (AvgIpc) is 3.27. The molecule has 9 nitrogen and oxygen atoms in total. The first kappa shape index (κ1) is 19.8. The third-order valence-electron chi connectivity index (χ3n) is 4.79. The van der Waals surface area contributed by atoms with E-state index in [9.17, 15) is 16.8 Å². The SMILES string of the molecule is CN(C)S(=O)(=O)N1CCN(Cc2ccc(S(=O)(=O)N3CCCC3)o2)CC1. The van der Waals surface area contributed by atoms with Gasteiger partial charge in [-0.3, -0.25) is 4.90 Å². The van der Waals surface area contributed by atoms with E-state index < -0.39 is 20.2 Å². The van der Waals surface area contributed by atoms with E-state index in [4.69, 9.17) is 4.42 Å². The molecule has 0 bridgehead atoms. The van der Waals surface area contributed by atoms with Gasteiger partial charge in [-0.2, -0.15) is 21.3 Å². The van der Waals surface area contributed by atoms with Crippen molar-refractivity contribution in [3.63, 3.8) is 0 Å². The van der Waals surface area contributed by atoms with Crippen LogP contribution in [0.1, 0.15) is 18.6 Å². The Morgan fingerprint density at radius 1 is 0.923 bits per heavy atom. The van der Waals surface area contributed by atoms with Crippen LogP contribution in [0.3, 0.4) is 0 Å². The van der Waals surface area contributed by atoms with Gasteiger partial charge in [0.15, 0.2) is 0 Å². The van der Waals surface area contributed by atoms with E-state index in [-0.39, 0.29) is 5.09 Å². The van der Waals surface area contributed by atoms with Crippen molar-refractivity contribution < 1.29 is 21.3 Å². The predicted octanol–water partition coefficient (Wildman–Crippen LogP) is -0.0119. The zero-order valence-corrected chi connectivity index (χ0v) is 16.8. The maximum absolute atomic E-state index is 12.5. The highest BCUT2D eigenvalue weighted by atomic mass is 32.2. The third-order valence-corrected chi connectivity index (χ3v) is 8.51. The highest BCUT2D eigenvalue weighted by molar-refractivity contribution is 7.89. The third kappa shape index (κ3) is 3.97. The minimum absolute atomic E-state index is 0.0109. The lowest BCUT2D eigenvalue weighted by Gasteiger charge is -2.34. The fraction of sp³-hybridized carbons (Fsp3) is 0.733. The van der Waals surface area contributed by atoms with Crippen molar-refractivity contribution in [1.82, 2.24) is 17.8 Å². The second-order valence-electron chi connectivity index (χ2n) is 6.80. The summed E-state index contributed by atoms with van der Waals surface area (Å²) >= 11 is 0. The normalized spacial score (nSPS) is 21.7. The number of rotatable bonds is 6. The van der Waals surface area contributed by atoms with Crippen LogP contribution >= 0.6 is 0 Å². The van der Waals surface area contributed by atoms with Crippen LogP contribution in [0, 0.1) is 0 Å². The van der Waals surface area contributed by atoms with Crippen molar-refractivity contribution in [1.29, 1.82) is 0 Å². The summed E-state index contributed by atoms with van der Waals surface area (Å²) in [7, 11) is -3.89. The molecule has 2 fully saturated rings. The first-order chi connectivity index (χ1) is 12.2. The molecule has 2 saturated heterocycles. The van der Waals surface area contributed by atoms with Crippen LogP contribution in [-0.4, -0.2) is 88.0 Å². The smallest absolute Gasteiger partial charge is 0.281 e. The summed E-state index contributed by atoms with van der Waals surface area (Å²) < 4.78 is 59.0. The van der Waals surface area contributed by atoms with E-state index in [0.717, 1.165) is 12.8 Å². The maximum Gasteiger partial charge on any atom is 0.281 e. The van der Waals surface area contributed by atoms with Crippen molar-refractivity contribution in [3.05, 3.63) is 17.9 Å². The van der Waals surface area contributed by atoms with E-state index in [1.54, 1.807) is 6.07 Å². The molecule has 0 unspecified atom stereocenters. The molecule has 0 saturated carbocycles. The quantitative estimate of drug-likeness (QED) is 0.659. The molecule has 0 spiro atoms. The van der Waals surface area contributed by atoms with E-state index >= 15 is 0 Å². The van der Waals surface area contributed by atoms with E-state index in [1.807, 2.05) is 0 Å². The van der Waals surface area contributed by atoms with Crippen molar-refractivity contribution in [3.8, 4) is 0 Å². The molecule has 2 aliphatic rings. The molecular formula is C15H26N4O5S2. The van der Waals surface area contributed by atoms with Gasteiger partial charge in [-0.15, -0.1) is 0 Å². The lowest BCUT2D eigenvalue weighted by Crippen LogP contribution is -2.51. The molecule has 0 radical (unpaired) electrons. The molecule has 0 amide bonds. The molecule has 2 aliphatic heterocycles. The van der Waals surface area contributed by atoms with Gasteiger partial charge in [0, 0.05) is 53.4 Å². The Morgan fingerprint density at radius 3 is 2.12 bits per heavy atom. The van der Waals surface area contributed by atoms with Gasteiger partial charge >= 0.3 is 0 Å². The molecule has 1 aromatic heterocycles. The molecular weight excluding hydrogens is 380 g/mol. The zero-order chi connectivity index (χ0) is 18.9. The van der Waals surface area contributed by atoms with Gasteiger partial charge in [0.1, 0.15) is 5.76 Å². The Hall–Kier alpha value is -0.980. The maximum atomic E-state index is 12.5. The Kier molecular flexibility index (Phi) is 5.75. The summed E-state index contributed by atoms with van der Waals surface area (Å²) in [6, 6.07) is 3.20. The van der Waals surface area contributed by atoms with Gasteiger partial charge in [-0.1, -0.05) is 0 Å². The molecule has 0 atom stereocenters. The molecule has 0 aromatic carbocycles. The fourth-order valence-electron chi connectivity index (χ4n) is 3.21. The first-order valence-corrected chi connectivity index (χ1v) is 11.5. The minimum Gasteiger partial charge on any atom is -0.447 e. The highest BCUT2D eigenvalue weighted by Gasteiger charge is 2.31. The number of hydrogen-bond acceptors (Lipinski definition) is 6. The summed E-state index contributed by atoms with van der Waals surface area (Å²) in [6.07, 6.45) is 1.76. The summed E-state index contributed by atoms with van der Waals surface area (Å²) in [4.78, 5) is 2.06. The largest absolute Gasteiger partial charge is 0.447 e. The number of furan rings is 1. The van der Waals surface area contributed by atoms with Gasteiger partial charge < -0.3 is 4.42 Å². The lowest BCUT2D eigenvalue weighted by molar-refractivity contribution is 0.164. The van der Waals surface area contributed by atoms with Gasteiger partial charge in [-0.25, -0.2) is 8.42 Å². The van der Waals surface area contributed by atoms with Crippen LogP contribution < -0.4 is 0 Å². The molecule has 0 N–H and O–H groups in total. The summed E-state index contributed by atoms with van der Waals surface area (Å²) in [5.74, 6) is 0.576. The van der Waals surface area contributed by atoms with E-state index in [1.165, 1.54) is 33.1 Å². The Bertz CT molecular complexity index is 820. The fourth-order valence-corrected chi connectivity index (χ4v) is 5.74. The van der Waals surface area contributed by atoms with Crippen LogP contribution in [0.5, 0.6) is 0 Å². The van der Waals surface area contributed by atoms with Crippen molar-refractivity contribution >= 4 is 20.2 Å².